The molecule has 0 aliphatic carbocycles. The molecule has 2 aromatic rings. The van der Waals surface area contributed by atoms with Gasteiger partial charge in [0.1, 0.15) is 5.75 Å². The topological polar surface area (TPSA) is 44.7 Å². The van der Waals surface area contributed by atoms with E-state index in [1.807, 2.05) is 12.1 Å². The highest BCUT2D eigenvalue weighted by Crippen LogP contribution is 2.33. The van der Waals surface area contributed by atoms with Gasteiger partial charge in [0.05, 0.1) is 12.7 Å². The molecule has 2 heterocycles. The highest BCUT2D eigenvalue weighted by atomic mass is 16.5. The third-order valence-electron chi connectivity index (χ3n) is 5.96. The maximum atomic E-state index is 10.8. The van der Waals surface area contributed by atoms with Gasteiger partial charge in [-0.25, -0.2) is 0 Å². The molecule has 2 saturated heterocycles. The molecule has 0 aromatic heterocycles. The molecule has 26 heavy (non-hydrogen) atoms. The van der Waals surface area contributed by atoms with Gasteiger partial charge in [-0.3, -0.25) is 4.90 Å². The fourth-order valence-corrected chi connectivity index (χ4v) is 4.35. The monoisotopic (exact) mass is 352 g/mol. The van der Waals surface area contributed by atoms with Crippen LogP contribution in [-0.4, -0.2) is 48.9 Å². The summed E-state index contributed by atoms with van der Waals surface area (Å²) in [6, 6.07) is 17.0. The van der Waals surface area contributed by atoms with Crippen molar-refractivity contribution in [2.24, 2.45) is 5.92 Å². The second-order valence-corrected chi connectivity index (χ2v) is 7.67. The number of nitrogens with zero attached hydrogens (tertiary/aromatic N) is 1. The van der Waals surface area contributed by atoms with Gasteiger partial charge >= 0.3 is 0 Å². The van der Waals surface area contributed by atoms with Crippen LogP contribution in [0.15, 0.2) is 48.5 Å². The zero-order valence-electron chi connectivity index (χ0n) is 15.4. The van der Waals surface area contributed by atoms with Gasteiger partial charge in [-0.1, -0.05) is 30.3 Å². The van der Waals surface area contributed by atoms with Gasteiger partial charge in [0.2, 0.25) is 0 Å². The minimum absolute atomic E-state index is 0.339. The number of benzene rings is 2. The average molecular weight is 352 g/mol. The van der Waals surface area contributed by atoms with Gasteiger partial charge in [-0.2, -0.15) is 0 Å². The van der Waals surface area contributed by atoms with E-state index in [-0.39, 0.29) is 0 Å². The number of rotatable bonds is 4. The molecule has 4 heteroatoms. The van der Waals surface area contributed by atoms with Gasteiger partial charge in [0.15, 0.2) is 0 Å². The maximum absolute atomic E-state index is 10.8. The first-order valence-electron chi connectivity index (χ1n) is 9.55. The van der Waals surface area contributed by atoms with Crippen LogP contribution >= 0.6 is 0 Å². The van der Waals surface area contributed by atoms with Crippen molar-refractivity contribution in [1.29, 1.82) is 0 Å². The van der Waals surface area contributed by atoms with Crippen LogP contribution in [0, 0.1) is 5.92 Å². The largest absolute Gasteiger partial charge is 0.497 e. The molecule has 2 aliphatic heterocycles. The number of hydrogen-bond donors (Lipinski definition) is 2. The van der Waals surface area contributed by atoms with Crippen LogP contribution in [0.2, 0.25) is 0 Å². The summed E-state index contributed by atoms with van der Waals surface area (Å²) in [5.41, 5.74) is 3.26. The van der Waals surface area contributed by atoms with E-state index >= 15 is 0 Å². The van der Waals surface area contributed by atoms with Crippen LogP contribution in [0.3, 0.4) is 0 Å². The molecule has 2 fully saturated rings. The van der Waals surface area contributed by atoms with E-state index in [1.165, 1.54) is 16.7 Å². The molecular formula is C22H28N2O2. The first kappa shape index (κ1) is 17.5. The van der Waals surface area contributed by atoms with Crippen molar-refractivity contribution in [2.45, 2.75) is 25.0 Å². The lowest BCUT2D eigenvalue weighted by Crippen LogP contribution is -2.58. The Morgan fingerprint density at radius 2 is 1.96 bits per heavy atom. The second kappa shape index (κ2) is 7.39. The Morgan fingerprint density at radius 1 is 1.15 bits per heavy atom. The van der Waals surface area contributed by atoms with Crippen LogP contribution in [0.25, 0.3) is 11.1 Å². The maximum Gasteiger partial charge on any atom is 0.119 e. The lowest BCUT2D eigenvalue weighted by atomic mass is 9.76. The van der Waals surface area contributed by atoms with E-state index in [0.717, 1.165) is 51.3 Å². The van der Waals surface area contributed by atoms with E-state index in [4.69, 9.17) is 4.74 Å². The summed E-state index contributed by atoms with van der Waals surface area (Å²) in [5, 5.41) is 14.3. The molecule has 2 atom stereocenters. The molecule has 0 spiro atoms. The summed E-state index contributed by atoms with van der Waals surface area (Å²) in [4.78, 5) is 2.48. The molecule has 2 N–H and O–H groups in total. The van der Waals surface area contributed by atoms with Crippen LogP contribution in [0.5, 0.6) is 5.75 Å². The summed E-state index contributed by atoms with van der Waals surface area (Å²) < 4.78 is 5.35. The Balaban J connectivity index is 1.47. The first-order valence-corrected chi connectivity index (χ1v) is 9.55. The second-order valence-electron chi connectivity index (χ2n) is 7.67. The van der Waals surface area contributed by atoms with Crippen LogP contribution in [0.4, 0.5) is 0 Å². The quantitative estimate of drug-likeness (QED) is 0.888. The normalized spacial score (nSPS) is 26.3. The summed E-state index contributed by atoms with van der Waals surface area (Å²) in [7, 11) is 1.70. The van der Waals surface area contributed by atoms with Crippen molar-refractivity contribution in [3.05, 3.63) is 54.1 Å². The number of nitrogens with one attached hydrogen (secondary N) is 1. The molecule has 138 valence electrons. The van der Waals surface area contributed by atoms with Gasteiger partial charge in [-0.15, -0.1) is 0 Å². The van der Waals surface area contributed by atoms with Crippen molar-refractivity contribution >= 4 is 0 Å². The number of hydrogen-bond acceptors (Lipinski definition) is 4. The molecular weight excluding hydrogens is 324 g/mol. The van der Waals surface area contributed by atoms with E-state index < -0.39 is 5.60 Å². The Kier molecular flexibility index (Phi) is 4.98. The molecule has 0 amide bonds. The van der Waals surface area contributed by atoms with Crippen molar-refractivity contribution in [2.75, 3.05) is 33.3 Å². The van der Waals surface area contributed by atoms with Crippen molar-refractivity contribution < 1.29 is 9.84 Å². The highest BCUT2D eigenvalue weighted by molar-refractivity contribution is 5.65. The third-order valence-corrected chi connectivity index (χ3v) is 5.96. The summed E-state index contributed by atoms with van der Waals surface area (Å²) in [6.45, 7) is 4.74. The predicted octanol–water partition coefficient (Wildman–Crippen LogP) is 2.91. The Hall–Kier alpha value is -1.88. The number of likely N-dealkylation sites (tertiary alicyclic amines) is 1. The van der Waals surface area contributed by atoms with Crippen molar-refractivity contribution in [1.82, 2.24) is 10.2 Å². The molecule has 0 bridgehead atoms. The number of fused-ring (bicyclic) bond motifs is 1. The molecule has 0 unspecified atom stereocenters. The summed E-state index contributed by atoms with van der Waals surface area (Å²) >= 11 is 0. The molecule has 2 aliphatic rings. The first-order chi connectivity index (χ1) is 12.7. The fourth-order valence-electron chi connectivity index (χ4n) is 4.35. The SMILES string of the molecule is COc1cccc(-c2cccc(CN3CC[C@@]4(O)CCNC[C@H]4C3)c2)c1. The van der Waals surface area contributed by atoms with Gasteiger partial charge in [0.25, 0.3) is 0 Å². The zero-order valence-corrected chi connectivity index (χ0v) is 15.4. The third kappa shape index (κ3) is 3.63. The van der Waals surface area contributed by atoms with Gasteiger partial charge in [-0.05, 0) is 54.3 Å². The van der Waals surface area contributed by atoms with Crippen LogP contribution in [-0.2, 0) is 6.54 Å². The lowest BCUT2D eigenvalue weighted by molar-refractivity contribution is -0.0899. The Morgan fingerprint density at radius 3 is 2.81 bits per heavy atom. The Labute approximate surface area is 155 Å². The summed E-state index contributed by atoms with van der Waals surface area (Å²) in [6.07, 6.45) is 1.77. The van der Waals surface area contributed by atoms with Gasteiger partial charge in [0, 0.05) is 32.1 Å². The minimum atomic E-state index is -0.454. The zero-order chi connectivity index (χ0) is 18.0. The van der Waals surface area contributed by atoms with E-state index in [9.17, 15) is 5.11 Å². The molecule has 2 aromatic carbocycles. The minimum Gasteiger partial charge on any atom is -0.497 e. The number of methoxy groups -OCH3 is 1. The smallest absolute Gasteiger partial charge is 0.119 e. The van der Waals surface area contributed by atoms with Crippen LogP contribution < -0.4 is 10.1 Å². The van der Waals surface area contributed by atoms with E-state index in [0.29, 0.717) is 5.92 Å². The number of ether oxygens (including phenoxy) is 1. The fraction of sp³-hybridized carbons (Fsp3) is 0.455. The highest BCUT2D eigenvalue weighted by Gasteiger charge is 2.42. The number of piperidine rings is 2. The van der Waals surface area contributed by atoms with Crippen molar-refractivity contribution in [3.63, 3.8) is 0 Å². The standard InChI is InChI=1S/C22H28N2O2/c1-26-21-7-3-6-19(13-21)18-5-2-4-17(12-18)15-24-11-9-22(25)8-10-23-14-20(22)16-24/h2-7,12-13,20,23,25H,8-11,14-16H2,1H3/t20-,22-/m0/s1. The average Bonchev–Trinajstić information content (AvgIpc) is 2.68. The van der Waals surface area contributed by atoms with E-state index in [1.54, 1.807) is 7.11 Å². The lowest BCUT2D eigenvalue weighted by Gasteiger charge is -2.47. The summed E-state index contributed by atoms with van der Waals surface area (Å²) in [5.74, 6) is 1.22. The van der Waals surface area contributed by atoms with Crippen molar-refractivity contribution in [3.8, 4) is 16.9 Å². The molecule has 0 saturated carbocycles. The molecule has 4 rings (SSSR count). The molecule has 4 nitrogen and oxygen atoms in total. The predicted molar refractivity (Wildman–Crippen MR) is 104 cm³/mol. The van der Waals surface area contributed by atoms with E-state index in [2.05, 4.69) is 46.6 Å². The van der Waals surface area contributed by atoms with Gasteiger partial charge < -0.3 is 15.2 Å². The van der Waals surface area contributed by atoms with Crippen LogP contribution in [0.1, 0.15) is 18.4 Å². The number of aliphatic hydroxyl groups is 1. The molecule has 0 radical (unpaired) electrons. The Bertz CT molecular complexity index is 763.